The highest BCUT2D eigenvalue weighted by Crippen LogP contribution is 2.33. The van der Waals surface area contributed by atoms with Crippen molar-refractivity contribution < 1.29 is 18.7 Å². The van der Waals surface area contributed by atoms with Crippen molar-refractivity contribution in [2.75, 3.05) is 18.4 Å². The third-order valence-corrected chi connectivity index (χ3v) is 5.32. The summed E-state index contributed by atoms with van der Waals surface area (Å²) in [6.45, 7) is 5.14. The zero-order valence-electron chi connectivity index (χ0n) is 16.3. The van der Waals surface area contributed by atoms with Crippen molar-refractivity contribution in [3.63, 3.8) is 0 Å². The molecule has 1 aromatic rings. The van der Waals surface area contributed by atoms with Crippen LogP contribution in [0.2, 0.25) is 5.02 Å². The molecule has 5 nitrogen and oxygen atoms in total. The number of ether oxygens (including phenoxy) is 1. The Kier molecular flexibility index (Phi) is 6.60. The number of hydrogen-bond donors (Lipinski definition) is 1. The summed E-state index contributed by atoms with van der Waals surface area (Å²) in [5.41, 5.74) is 1.03. The molecule has 0 bridgehead atoms. The fraction of sp³-hybridized carbons (Fsp3) is 0.524. The van der Waals surface area contributed by atoms with E-state index in [1.165, 1.54) is 6.07 Å². The molecule has 28 heavy (non-hydrogen) atoms. The first-order chi connectivity index (χ1) is 13.4. The SMILES string of the molecule is CC(C)Oc1cc(NC(=O)C2=C(C(=O)N3CCCC3)CCCC2)c(F)cc1Cl. The molecule has 152 valence electrons. The van der Waals surface area contributed by atoms with Crippen LogP contribution in [0.3, 0.4) is 0 Å². The van der Waals surface area contributed by atoms with Gasteiger partial charge in [-0.2, -0.15) is 0 Å². The van der Waals surface area contributed by atoms with E-state index in [0.29, 0.717) is 29.7 Å². The molecule has 2 amide bonds. The van der Waals surface area contributed by atoms with E-state index < -0.39 is 11.7 Å². The van der Waals surface area contributed by atoms with Gasteiger partial charge in [-0.05, 0) is 58.4 Å². The van der Waals surface area contributed by atoms with E-state index >= 15 is 0 Å². The topological polar surface area (TPSA) is 58.6 Å². The van der Waals surface area contributed by atoms with Gasteiger partial charge in [0.15, 0.2) is 0 Å². The normalized spacial score (nSPS) is 17.2. The average molecular weight is 409 g/mol. The molecule has 0 spiro atoms. The van der Waals surface area contributed by atoms with Crippen LogP contribution >= 0.6 is 11.6 Å². The molecule has 1 saturated heterocycles. The Labute approximate surface area is 169 Å². The Morgan fingerprint density at radius 1 is 1.11 bits per heavy atom. The summed E-state index contributed by atoms with van der Waals surface area (Å²) in [6, 6.07) is 2.52. The van der Waals surface area contributed by atoms with Gasteiger partial charge in [0.1, 0.15) is 11.6 Å². The lowest BCUT2D eigenvalue weighted by atomic mass is 9.90. The summed E-state index contributed by atoms with van der Waals surface area (Å²) in [6.07, 6.45) is 4.67. The number of anilines is 1. The summed E-state index contributed by atoms with van der Waals surface area (Å²) in [7, 11) is 0. The zero-order valence-corrected chi connectivity index (χ0v) is 17.1. The molecule has 1 aliphatic heterocycles. The van der Waals surface area contributed by atoms with Gasteiger partial charge in [0, 0.05) is 30.3 Å². The fourth-order valence-electron chi connectivity index (χ4n) is 3.67. The maximum absolute atomic E-state index is 14.4. The van der Waals surface area contributed by atoms with Gasteiger partial charge in [-0.15, -0.1) is 0 Å². The molecule has 0 unspecified atom stereocenters. The molecule has 1 heterocycles. The van der Waals surface area contributed by atoms with Crippen LogP contribution in [0.25, 0.3) is 0 Å². The molecule has 1 aliphatic carbocycles. The second-order valence-corrected chi connectivity index (χ2v) is 7.95. The molecule has 0 radical (unpaired) electrons. The molecule has 2 aliphatic rings. The van der Waals surface area contributed by atoms with Crippen LogP contribution in [0.4, 0.5) is 10.1 Å². The van der Waals surface area contributed by atoms with Crippen LogP contribution < -0.4 is 10.1 Å². The van der Waals surface area contributed by atoms with Crippen LogP contribution in [0, 0.1) is 5.82 Å². The smallest absolute Gasteiger partial charge is 0.252 e. The number of amides is 2. The third-order valence-electron chi connectivity index (χ3n) is 5.03. The Morgan fingerprint density at radius 3 is 2.39 bits per heavy atom. The van der Waals surface area contributed by atoms with Crippen LogP contribution in [0.5, 0.6) is 5.75 Å². The average Bonchev–Trinajstić information content (AvgIpc) is 3.19. The van der Waals surface area contributed by atoms with Crippen LogP contribution in [-0.2, 0) is 9.59 Å². The largest absolute Gasteiger partial charge is 0.489 e. The summed E-state index contributed by atoms with van der Waals surface area (Å²) >= 11 is 6.03. The molecule has 1 fully saturated rings. The lowest BCUT2D eigenvalue weighted by Gasteiger charge is -2.24. The lowest BCUT2D eigenvalue weighted by molar-refractivity contribution is -0.127. The van der Waals surface area contributed by atoms with Gasteiger partial charge in [0.2, 0.25) is 5.91 Å². The molecule has 0 atom stereocenters. The van der Waals surface area contributed by atoms with E-state index in [1.54, 1.807) is 0 Å². The number of nitrogens with zero attached hydrogens (tertiary/aromatic N) is 1. The van der Waals surface area contributed by atoms with Gasteiger partial charge in [-0.25, -0.2) is 4.39 Å². The molecule has 7 heteroatoms. The quantitative estimate of drug-likeness (QED) is 0.768. The standard InChI is InChI=1S/C21H26ClFN2O3/c1-13(2)28-19-12-18(17(23)11-16(19)22)24-20(26)14-7-3-4-8-15(14)21(27)25-9-5-6-10-25/h11-13H,3-10H2,1-2H3,(H,24,26). The molecule has 0 aromatic heterocycles. The molecule has 3 rings (SSSR count). The second-order valence-electron chi connectivity index (χ2n) is 7.55. The van der Waals surface area contributed by atoms with Crippen molar-refractivity contribution >= 4 is 29.1 Å². The molecular formula is C21H26ClFN2O3. The van der Waals surface area contributed by atoms with E-state index in [1.807, 2.05) is 18.7 Å². The molecular weight excluding hydrogens is 383 g/mol. The number of likely N-dealkylation sites (tertiary alicyclic amines) is 1. The first kappa shape index (κ1) is 20.6. The minimum Gasteiger partial charge on any atom is -0.489 e. The monoisotopic (exact) mass is 408 g/mol. The first-order valence-corrected chi connectivity index (χ1v) is 10.2. The first-order valence-electron chi connectivity index (χ1n) is 9.85. The van der Waals surface area contributed by atoms with Gasteiger partial charge in [-0.3, -0.25) is 9.59 Å². The minimum atomic E-state index is -0.640. The summed E-state index contributed by atoms with van der Waals surface area (Å²) in [5, 5.41) is 2.76. The summed E-state index contributed by atoms with van der Waals surface area (Å²) in [4.78, 5) is 27.5. The highest BCUT2D eigenvalue weighted by molar-refractivity contribution is 6.32. The number of rotatable bonds is 5. The van der Waals surface area contributed by atoms with Gasteiger partial charge in [0.25, 0.3) is 5.91 Å². The van der Waals surface area contributed by atoms with Gasteiger partial charge < -0.3 is 15.0 Å². The Bertz CT molecular complexity index is 801. The zero-order chi connectivity index (χ0) is 20.3. The van der Waals surface area contributed by atoms with Crippen molar-refractivity contribution in [2.24, 2.45) is 0 Å². The Balaban J connectivity index is 1.85. The summed E-state index contributed by atoms with van der Waals surface area (Å²) in [5.74, 6) is -0.820. The highest BCUT2D eigenvalue weighted by Gasteiger charge is 2.29. The lowest BCUT2D eigenvalue weighted by Crippen LogP contribution is -2.32. The Hall–Kier alpha value is -2.08. The summed E-state index contributed by atoms with van der Waals surface area (Å²) < 4.78 is 19.9. The van der Waals surface area contributed by atoms with Crippen LogP contribution in [-0.4, -0.2) is 35.9 Å². The van der Waals surface area contributed by atoms with Gasteiger partial charge in [-0.1, -0.05) is 11.6 Å². The number of halogens is 2. The van der Waals surface area contributed by atoms with Crippen molar-refractivity contribution in [1.82, 2.24) is 4.90 Å². The van der Waals surface area contributed by atoms with Crippen molar-refractivity contribution in [3.05, 3.63) is 34.1 Å². The van der Waals surface area contributed by atoms with E-state index in [9.17, 15) is 14.0 Å². The fourth-order valence-corrected chi connectivity index (χ4v) is 3.86. The van der Waals surface area contributed by atoms with Crippen molar-refractivity contribution in [3.8, 4) is 5.75 Å². The molecule has 1 N–H and O–H groups in total. The van der Waals surface area contributed by atoms with Crippen molar-refractivity contribution in [2.45, 2.75) is 58.5 Å². The number of carbonyl (C=O) groups is 2. The third kappa shape index (κ3) is 4.66. The van der Waals surface area contributed by atoms with Crippen LogP contribution in [0.15, 0.2) is 23.3 Å². The second kappa shape index (κ2) is 8.95. The van der Waals surface area contributed by atoms with E-state index in [2.05, 4.69) is 5.32 Å². The number of nitrogens with one attached hydrogen (secondary N) is 1. The van der Waals surface area contributed by atoms with E-state index in [4.69, 9.17) is 16.3 Å². The molecule has 0 saturated carbocycles. The number of hydrogen-bond acceptors (Lipinski definition) is 3. The molecule has 1 aromatic carbocycles. The van der Waals surface area contributed by atoms with Crippen LogP contribution in [0.1, 0.15) is 52.4 Å². The van der Waals surface area contributed by atoms with E-state index in [0.717, 1.165) is 44.8 Å². The van der Waals surface area contributed by atoms with Crippen molar-refractivity contribution in [1.29, 1.82) is 0 Å². The van der Waals surface area contributed by atoms with Gasteiger partial charge >= 0.3 is 0 Å². The van der Waals surface area contributed by atoms with Gasteiger partial charge in [0.05, 0.1) is 16.8 Å². The predicted molar refractivity (Wildman–Crippen MR) is 107 cm³/mol. The van der Waals surface area contributed by atoms with E-state index in [-0.39, 0.29) is 22.7 Å². The number of benzene rings is 1. The minimum absolute atomic E-state index is 0.00362. The Morgan fingerprint density at radius 2 is 1.75 bits per heavy atom. The maximum Gasteiger partial charge on any atom is 0.252 e. The highest BCUT2D eigenvalue weighted by atomic mass is 35.5. The number of carbonyl (C=O) groups excluding carboxylic acids is 2. The maximum atomic E-state index is 14.4. The predicted octanol–water partition coefficient (Wildman–Crippen LogP) is 4.70.